The topological polar surface area (TPSA) is 92.3 Å². The Morgan fingerprint density at radius 1 is 1.30 bits per heavy atom. The molecule has 0 bridgehead atoms. The molecule has 1 aromatic carbocycles. The molecular formula is C21H20F2N4O2S. The number of aliphatic hydroxyl groups is 1. The number of piperidine rings is 1. The lowest BCUT2D eigenvalue weighted by Crippen LogP contribution is -2.51. The molecular weight excluding hydrogens is 410 g/mol. The number of carbonyl (C=O) groups excluding carboxylic acids is 1. The van der Waals surface area contributed by atoms with Gasteiger partial charge in [-0.2, -0.15) is 0 Å². The molecule has 1 aliphatic heterocycles. The van der Waals surface area contributed by atoms with E-state index in [-0.39, 0.29) is 34.5 Å². The predicted molar refractivity (Wildman–Crippen MR) is 111 cm³/mol. The maximum absolute atomic E-state index is 14.0. The highest BCUT2D eigenvalue weighted by Gasteiger charge is 2.27. The Hall–Kier alpha value is -2.75. The molecule has 156 valence electrons. The van der Waals surface area contributed by atoms with E-state index in [1.165, 1.54) is 11.4 Å². The first kappa shape index (κ1) is 20.5. The van der Waals surface area contributed by atoms with Crippen molar-refractivity contribution in [3.63, 3.8) is 0 Å². The van der Waals surface area contributed by atoms with Crippen LogP contribution in [-0.4, -0.2) is 46.1 Å². The number of aliphatic hydroxyl groups excluding tert-OH is 1. The Morgan fingerprint density at radius 2 is 2.07 bits per heavy atom. The summed E-state index contributed by atoms with van der Waals surface area (Å²) >= 11 is 1.02. The van der Waals surface area contributed by atoms with E-state index in [9.17, 15) is 18.7 Å². The molecule has 0 unspecified atom stereocenters. The van der Waals surface area contributed by atoms with Gasteiger partial charge in [-0.25, -0.2) is 13.8 Å². The Morgan fingerprint density at radius 3 is 2.80 bits per heavy atom. The summed E-state index contributed by atoms with van der Waals surface area (Å²) in [7, 11) is 0. The van der Waals surface area contributed by atoms with Gasteiger partial charge in [0.15, 0.2) is 5.78 Å². The summed E-state index contributed by atoms with van der Waals surface area (Å²) in [4.78, 5) is 23.1. The normalized spacial score (nSPS) is 19.1. The van der Waals surface area contributed by atoms with Crippen LogP contribution in [0.3, 0.4) is 0 Å². The maximum Gasteiger partial charge on any atom is 0.186 e. The standard InChI is InChI=1S/C21H20F2N4O2S/c22-13-2-1-3-14(23)20(13)21-26-16(11-30-21)19(29)8-12-9-25-6-4-17(12)27-7-5-18(28)15(24)10-27/h1-4,6,9,11,15,18,28H,5,7-8,10,24H2/t15-,18-/m1/s1. The van der Waals surface area contributed by atoms with E-state index >= 15 is 0 Å². The van der Waals surface area contributed by atoms with E-state index in [1.54, 1.807) is 12.4 Å². The number of aromatic nitrogens is 2. The van der Waals surface area contributed by atoms with E-state index in [2.05, 4.69) is 9.97 Å². The Bertz CT molecular complexity index is 1050. The van der Waals surface area contributed by atoms with Crippen molar-refractivity contribution in [1.29, 1.82) is 0 Å². The minimum Gasteiger partial charge on any atom is -0.391 e. The fourth-order valence-electron chi connectivity index (χ4n) is 3.54. The fraction of sp³-hybridized carbons (Fsp3) is 0.286. The predicted octanol–water partition coefficient (Wildman–Crippen LogP) is 2.81. The lowest BCUT2D eigenvalue weighted by molar-refractivity contribution is 0.0988. The highest BCUT2D eigenvalue weighted by Crippen LogP contribution is 2.30. The van der Waals surface area contributed by atoms with Crippen molar-refractivity contribution in [3.05, 3.63) is 64.9 Å². The first-order valence-corrected chi connectivity index (χ1v) is 10.4. The zero-order valence-electron chi connectivity index (χ0n) is 16.0. The van der Waals surface area contributed by atoms with Gasteiger partial charge in [0, 0.05) is 54.6 Å². The van der Waals surface area contributed by atoms with Crippen LogP contribution >= 0.6 is 11.3 Å². The van der Waals surface area contributed by atoms with Gasteiger partial charge in [-0.15, -0.1) is 11.3 Å². The van der Waals surface area contributed by atoms with Crippen LogP contribution in [-0.2, 0) is 6.42 Å². The minimum absolute atomic E-state index is 0.0421. The Kier molecular flexibility index (Phi) is 5.85. The van der Waals surface area contributed by atoms with Crippen molar-refractivity contribution in [2.24, 2.45) is 5.73 Å². The molecule has 0 spiro atoms. The van der Waals surface area contributed by atoms with E-state index in [0.717, 1.165) is 29.2 Å². The first-order valence-electron chi connectivity index (χ1n) is 9.48. The maximum atomic E-state index is 14.0. The van der Waals surface area contributed by atoms with E-state index in [4.69, 9.17) is 5.73 Å². The second kappa shape index (κ2) is 8.55. The summed E-state index contributed by atoms with van der Waals surface area (Å²) in [6.07, 6.45) is 3.30. The number of rotatable bonds is 5. The third-order valence-corrected chi connectivity index (χ3v) is 6.02. The van der Waals surface area contributed by atoms with Crippen LogP contribution < -0.4 is 10.6 Å². The van der Waals surface area contributed by atoms with Crippen LogP contribution in [0.5, 0.6) is 0 Å². The third-order valence-electron chi connectivity index (χ3n) is 5.16. The Labute approximate surface area is 176 Å². The lowest BCUT2D eigenvalue weighted by Gasteiger charge is -2.36. The van der Waals surface area contributed by atoms with Gasteiger partial charge in [0.05, 0.1) is 11.7 Å². The van der Waals surface area contributed by atoms with Crippen molar-refractivity contribution in [2.45, 2.75) is 25.0 Å². The molecule has 2 aromatic heterocycles. The van der Waals surface area contributed by atoms with Crippen LogP contribution in [0.2, 0.25) is 0 Å². The number of hydrogen-bond donors (Lipinski definition) is 2. The molecule has 6 nitrogen and oxygen atoms in total. The average molecular weight is 430 g/mol. The number of anilines is 1. The number of hydrogen-bond acceptors (Lipinski definition) is 7. The number of ketones is 1. The van der Waals surface area contributed by atoms with Crippen LogP contribution in [0.15, 0.2) is 42.0 Å². The van der Waals surface area contributed by atoms with Crippen molar-refractivity contribution < 1.29 is 18.7 Å². The molecule has 4 rings (SSSR count). The van der Waals surface area contributed by atoms with Crippen LogP contribution in [0.25, 0.3) is 10.6 Å². The lowest BCUT2D eigenvalue weighted by atomic mass is 10.0. The summed E-state index contributed by atoms with van der Waals surface area (Å²) in [5, 5.41) is 11.5. The second-order valence-electron chi connectivity index (χ2n) is 7.20. The van der Waals surface area contributed by atoms with Crippen LogP contribution in [0.4, 0.5) is 14.5 Å². The second-order valence-corrected chi connectivity index (χ2v) is 8.06. The molecule has 0 aliphatic carbocycles. The largest absolute Gasteiger partial charge is 0.391 e. The summed E-state index contributed by atoms with van der Waals surface area (Å²) in [6.45, 7) is 1.09. The number of thiazole rings is 1. The number of pyridine rings is 1. The van der Waals surface area contributed by atoms with Gasteiger partial charge in [-0.1, -0.05) is 6.07 Å². The number of benzene rings is 1. The molecule has 0 saturated carbocycles. The van der Waals surface area contributed by atoms with Gasteiger partial charge < -0.3 is 15.7 Å². The highest BCUT2D eigenvalue weighted by atomic mass is 32.1. The fourth-order valence-corrected chi connectivity index (χ4v) is 4.41. The number of nitrogens with two attached hydrogens (primary N) is 1. The monoisotopic (exact) mass is 430 g/mol. The molecule has 0 amide bonds. The third kappa shape index (κ3) is 4.09. The summed E-state index contributed by atoms with van der Waals surface area (Å²) in [6, 6.07) is 5.04. The van der Waals surface area contributed by atoms with Gasteiger partial charge in [0.25, 0.3) is 0 Å². The number of carbonyl (C=O) groups is 1. The van der Waals surface area contributed by atoms with E-state index in [0.29, 0.717) is 25.1 Å². The molecule has 30 heavy (non-hydrogen) atoms. The van der Waals surface area contributed by atoms with E-state index < -0.39 is 17.7 Å². The first-order chi connectivity index (χ1) is 14.4. The summed E-state index contributed by atoms with van der Waals surface area (Å²) in [5.74, 6) is -1.71. The van der Waals surface area contributed by atoms with Gasteiger partial charge >= 0.3 is 0 Å². The van der Waals surface area contributed by atoms with E-state index in [1.807, 2.05) is 11.0 Å². The molecule has 9 heteroatoms. The van der Waals surface area contributed by atoms with Crippen molar-refractivity contribution >= 4 is 22.8 Å². The molecule has 0 radical (unpaired) electrons. The summed E-state index contributed by atoms with van der Waals surface area (Å²) < 4.78 is 28.0. The molecule has 3 N–H and O–H groups in total. The summed E-state index contributed by atoms with van der Waals surface area (Å²) in [5.41, 5.74) is 7.44. The van der Waals surface area contributed by atoms with Crippen molar-refractivity contribution in [1.82, 2.24) is 9.97 Å². The van der Waals surface area contributed by atoms with Gasteiger partial charge in [0.1, 0.15) is 22.3 Å². The number of halogens is 2. The van der Waals surface area contributed by atoms with Gasteiger partial charge in [0.2, 0.25) is 0 Å². The van der Waals surface area contributed by atoms with Crippen LogP contribution in [0, 0.1) is 11.6 Å². The highest BCUT2D eigenvalue weighted by molar-refractivity contribution is 7.13. The quantitative estimate of drug-likeness (QED) is 0.605. The van der Waals surface area contributed by atoms with Gasteiger partial charge in [-0.3, -0.25) is 9.78 Å². The molecule has 3 heterocycles. The SMILES string of the molecule is N[C@@H]1CN(c2ccncc2CC(=O)c2csc(-c3c(F)cccc3F)n2)CC[C@H]1O. The minimum atomic E-state index is -0.721. The zero-order chi connectivity index (χ0) is 21.3. The Balaban J connectivity index is 1.55. The molecule has 2 atom stereocenters. The number of nitrogens with zero attached hydrogens (tertiary/aromatic N) is 3. The van der Waals surface area contributed by atoms with Crippen LogP contribution in [0.1, 0.15) is 22.5 Å². The van der Waals surface area contributed by atoms with Crippen molar-refractivity contribution in [3.8, 4) is 10.6 Å². The smallest absolute Gasteiger partial charge is 0.186 e. The molecule has 1 aliphatic rings. The number of Topliss-reactive ketones (excluding diaryl/α,β-unsaturated/α-hetero) is 1. The van der Waals surface area contributed by atoms with Gasteiger partial charge in [-0.05, 0) is 24.6 Å². The molecule has 3 aromatic rings. The van der Waals surface area contributed by atoms with Crippen molar-refractivity contribution in [2.75, 3.05) is 18.0 Å². The molecule has 1 saturated heterocycles. The average Bonchev–Trinajstić information content (AvgIpc) is 3.20. The zero-order valence-corrected chi connectivity index (χ0v) is 16.8. The molecule has 1 fully saturated rings.